The maximum Gasteiger partial charge on any atom is 0.762 e. The van der Waals surface area contributed by atoms with Crippen LogP contribution in [0.4, 0.5) is 12.9 Å². The lowest BCUT2D eigenvalue weighted by molar-refractivity contribution is 0.231. The van der Waals surface area contributed by atoms with Crippen molar-refractivity contribution < 1.29 is 29.7 Å². The van der Waals surface area contributed by atoms with E-state index in [4.69, 9.17) is 0 Å². The summed E-state index contributed by atoms with van der Waals surface area (Å²) in [5, 5.41) is 0. The Labute approximate surface area is 75.6 Å². The van der Waals surface area contributed by atoms with Crippen molar-refractivity contribution in [2.24, 2.45) is 0 Å². The number of rotatable bonds is 4. The molecule has 0 bridgehead atoms. The lowest BCUT2D eigenvalue weighted by Gasteiger charge is -1.99. The molecule has 0 aromatic rings. The van der Waals surface area contributed by atoms with Crippen molar-refractivity contribution >= 4 is 17.9 Å². The first-order valence-electron chi connectivity index (χ1n) is 3.31. The maximum absolute atomic E-state index is 10.4. The summed E-state index contributed by atoms with van der Waals surface area (Å²) in [6.45, 7) is 3.39. The summed E-state index contributed by atoms with van der Waals surface area (Å²) in [4.78, 5) is 0. The van der Waals surface area contributed by atoms with Gasteiger partial charge in [-0.25, -0.2) is 8.37 Å². The highest BCUT2D eigenvalue weighted by atomic mass is 32.3. The van der Waals surface area contributed by atoms with Crippen molar-refractivity contribution in [1.82, 2.24) is 0 Å². The zero-order valence-corrected chi connectivity index (χ0v) is 7.98. The lowest BCUT2D eigenvalue weighted by Crippen LogP contribution is -2.09. The van der Waals surface area contributed by atoms with Gasteiger partial charge in [0.2, 0.25) is 0 Å². The van der Waals surface area contributed by atoms with Crippen LogP contribution in [-0.2, 0) is 18.8 Å². The first kappa shape index (κ1) is 15.2. The minimum atomic E-state index is -3.68. The van der Waals surface area contributed by atoms with Gasteiger partial charge in [0.15, 0.2) is 0 Å². The molecule has 0 aliphatic heterocycles. The summed E-state index contributed by atoms with van der Waals surface area (Å²) >= 11 is 0. The first-order valence-corrected chi connectivity index (χ1v) is 4.65. The van der Waals surface area contributed by atoms with Gasteiger partial charge in [0.1, 0.15) is 0 Å². The fraction of sp³-hybridized carbons (Fsp3) is 1.00. The molecule has 0 spiro atoms. The molecule has 0 fully saturated rings. The van der Waals surface area contributed by atoms with Gasteiger partial charge in [-0.05, 0) is 13.8 Å². The zero-order chi connectivity index (χ0) is 10.9. The molecule has 0 radical (unpaired) electrons. The van der Waals surface area contributed by atoms with Gasteiger partial charge < -0.3 is 0 Å². The van der Waals surface area contributed by atoms with Gasteiger partial charge in [0.05, 0.1) is 13.2 Å². The Bertz CT molecular complexity index is 181. The van der Waals surface area contributed by atoms with E-state index in [-0.39, 0.29) is 13.2 Å². The van der Waals surface area contributed by atoms with Gasteiger partial charge in [-0.2, -0.15) is 8.42 Å². The molecule has 0 saturated carbocycles. The van der Waals surface area contributed by atoms with Gasteiger partial charge >= 0.3 is 17.9 Å². The molecular formula is C4H10BF3O4S. The van der Waals surface area contributed by atoms with Crippen molar-refractivity contribution in [3.05, 3.63) is 0 Å². The normalized spacial score (nSPS) is 10.2. The third-order valence-electron chi connectivity index (χ3n) is 0.524. The number of halogens is 3. The van der Waals surface area contributed by atoms with Gasteiger partial charge in [-0.3, -0.25) is 12.9 Å². The zero-order valence-electron chi connectivity index (χ0n) is 7.17. The summed E-state index contributed by atoms with van der Waals surface area (Å²) < 4.78 is 58.2. The lowest BCUT2D eigenvalue weighted by atomic mass is 10.5. The molecule has 9 heteroatoms. The average molecular weight is 222 g/mol. The number of hydrogen-bond acceptors (Lipinski definition) is 4. The van der Waals surface area contributed by atoms with Gasteiger partial charge in [-0.1, -0.05) is 0 Å². The fourth-order valence-corrected chi connectivity index (χ4v) is 0.968. The third-order valence-corrected chi connectivity index (χ3v) is 1.57. The van der Waals surface area contributed by atoms with E-state index < -0.39 is 17.9 Å². The Kier molecular flexibility index (Phi) is 9.74. The average Bonchev–Trinajstić information content (AvgIpc) is 1.84. The Morgan fingerprint density at radius 3 is 1.46 bits per heavy atom. The molecule has 0 unspecified atom stereocenters. The van der Waals surface area contributed by atoms with Crippen molar-refractivity contribution in [3.8, 4) is 0 Å². The Balaban J connectivity index is 0. The van der Waals surface area contributed by atoms with Crippen molar-refractivity contribution in [2.75, 3.05) is 13.2 Å². The van der Waals surface area contributed by atoms with Gasteiger partial charge in [0, 0.05) is 0 Å². The highest BCUT2D eigenvalue weighted by molar-refractivity contribution is 7.81. The van der Waals surface area contributed by atoms with E-state index in [1.165, 1.54) is 0 Å². The van der Waals surface area contributed by atoms with Crippen LogP contribution in [-0.4, -0.2) is 29.2 Å². The highest BCUT2D eigenvalue weighted by Gasteiger charge is 2.07. The molecule has 80 valence electrons. The molecule has 0 saturated heterocycles. The van der Waals surface area contributed by atoms with Crippen molar-refractivity contribution in [2.45, 2.75) is 13.8 Å². The monoisotopic (exact) mass is 222 g/mol. The molecule has 0 aliphatic rings. The van der Waals surface area contributed by atoms with Crippen LogP contribution < -0.4 is 0 Å². The molecule has 0 aliphatic carbocycles. The molecule has 0 aromatic heterocycles. The summed E-state index contributed by atoms with van der Waals surface area (Å²) in [6.07, 6.45) is 0. The largest absolute Gasteiger partial charge is 0.762 e. The highest BCUT2D eigenvalue weighted by Crippen LogP contribution is 1.93. The van der Waals surface area contributed by atoms with E-state index in [1.54, 1.807) is 13.8 Å². The minimum absolute atomic E-state index is 0.113. The summed E-state index contributed by atoms with van der Waals surface area (Å²) in [5.74, 6) is 0. The van der Waals surface area contributed by atoms with Crippen LogP contribution >= 0.6 is 0 Å². The van der Waals surface area contributed by atoms with Crippen LogP contribution in [0.1, 0.15) is 13.8 Å². The van der Waals surface area contributed by atoms with Crippen LogP contribution in [0.5, 0.6) is 0 Å². The number of hydrogen-bond donors (Lipinski definition) is 0. The molecule has 0 aromatic carbocycles. The van der Waals surface area contributed by atoms with Crippen LogP contribution in [0, 0.1) is 0 Å². The van der Waals surface area contributed by atoms with E-state index in [9.17, 15) is 21.4 Å². The quantitative estimate of drug-likeness (QED) is 0.670. The second-order valence-corrected chi connectivity index (χ2v) is 2.76. The SMILES string of the molecule is CCOS(=O)(=O)OCC.FB(F)F. The molecule has 13 heavy (non-hydrogen) atoms. The first-order chi connectivity index (χ1) is 5.85. The summed E-state index contributed by atoms with van der Waals surface area (Å²) in [6, 6.07) is 0. The second-order valence-electron chi connectivity index (χ2n) is 1.47. The van der Waals surface area contributed by atoms with E-state index in [0.717, 1.165) is 0 Å². The summed E-state index contributed by atoms with van der Waals surface area (Å²) in [5.41, 5.74) is 0. The fourth-order valence-electron chi connectivity index (χ4n) is 0.323. The standard InChI is InChI=1S/C4H10O4S.BF3/c1-3-7-9(5,6)8-4-2;2-1(3)4/h3-4H2,1-2H3;. The predicted octanol–water partition coefficient (Wildman–Crippen LogP) is 1.18. The van der Waals surface area contributed by atoms with Crippen molar-refractivity contribution in [1.29, 1.82) is 0 Å². The third kappa shape index (κ3) is 18.6. The Hall–Kier alpha value is -0.275. The summed E-state index contributed by atoms with van der Waals surface area (Å²) in [7, 11) is -7.35. The maximum atomic E-state index is 10.4. The van der Waals surface area contributed by atoms with Crippen LogP contribution in [0.25, 0.3) is 0 Å². The molecule has 4 nitrogen and oxygen atoms in total. The molecule has 0 heterocycles. The van der Waals surface area contributed by atoms with E-state index >= 15 is 0 Å². The van der Waals surface area contributed by atoms with Gasteiger partial charge in [0.25, 0.3) is 0 Å². The predicted molar refractivity (Wildman–Crippen MR) is 41.2 cm³/mol. The molecular weight excluding hydrogens is 212 g/mol. The Morgan fingerprint density at radius 1 is 1.08 bits per heavy atom. The van der Waals surface area contributed by atoms with Gasteiger partial charge in [-0.15, -0.1) is 0 Å². The second kappa shape index (κ2) is 8.33. The molecule has 0 N–H and O–H groups in total. The molecule has 0 rings (SSSR count). The van der Waals surface area contributed by atoms with Crippen molar-refractivity contribution in [3.63, 3.8) is 0 Å². The molecule has 0 atom stereocenters. The van der Waals surface area contributed by atoms with E-state index in [2.05, 4.69) is 8.37 Å². The van der Waals surface area contributed by atoms with E-state index in [1.807, 2.05) is 0 Å². The minimum Gasteiger partial charge on any atom is -0.254 e. The van der Waals surface area contributed by atoms with Crippen LogP contribution in [0.2, 0.25) is 0 Å². The smallest absolute Gasteiger partial charge is 0.254 e. The molecule has 0 amide bonds. The van der Waals surface area contributed by atoms with E-state index in [0.29, 0.717) is 0 Å². The topological polar surface area (TPSA) is 52.6 Å². The van der Waals surface area contributed by atoms with Crippen LogP contribution in [0.3, 0.4) is 0 Å². The Morgan fingerprint density at radius 2 is 1.31 bits per heavy atom. The van der Waals surface area contributed by atoms with Crippen LogP contribution in [0.15, 0.2) is 0 Å².